The van der Waals surface area contributed by atoms with Crippen LogP contribution >= 0.6 is 11.6 Å². The lowest BCUT2D eigenvalue weighted by Crippen LogP contribution is -2.13. The summed E-state index contributed by atoms with van der Waals surface area (Å²) in [7, 11) is 0. The van der Waals surface area contributed by atoms with Crippen molar-refractivity contribution in [3.63, 3.8) is 0 Å². The van der Waals surface area contributed by atoms with Crippen LogP contribution in [0.5, 0.6) is 5.75 Å². The predicted molar refractivity (Wildman–Crippen MR) is 116 cm³/mol. The van der Waals surface area contributed by atoms with Crippen LogP contribution in [0.1, 0.15) is 16.7 Å². The van der Waals surface area contributed by atoms with Crippen molar-refractivity contribution >= 4 is 29.3 Å². The molecule has 0 aliphatic carbocycles. The van der Waals surface area contributed by atoms with Gasteiger partial charge >= 0.3 is 0 Å². The molecule has 3 rings (SSSR count). The third-order valence-corrected chi connectivity index (χ3v) is 4.57. The van der Waals surface area contributed by atoms with Crippen LogP contribution in [-0.4, -0.2) is 5.91 Å². The number of hydrogen-bond donors (Lipinski definition) is 1. The second kappa shape index (κ2) is 9.59. The Bertz CT molecular complexity index is 1100. The third-order valence-electron chi connectivity index (χ3n) is 4.20. The quantitative estimate of drug-likeness (QED) is 0.420. The minimum Gasteiger partial charge on any atom is -0.488 e. The number of halogens is 1. The molecule has 5 heteroatoms. The number of carbonyl (C=O) groups is 1. The van der Waals surface area contributed by atoms with E-state index in [9.17, 15) is 10.1 Å². The molecule has 29 heavy (non-hydrogen) atoms. The van der Waals surface area contributed by atoms with E-state index in [4.69, 9.17) is 16.3 Å². The third kappa shape index (κ3) is 5.47. The van der Waals surface area contributed by atoms with E-state index >= 15 is 0 Å². The highest BCUT2D eigenvalue weighted by Gasteiger charge is 2.12. The summed E-state index contributed by atoms with van der Waals surface area (Å²) in [5.41, 5.74) is 3.13. The number of carbonyl (C=O) groups excluding carboxylic acids is 1. The fourth-order valence-electron chi connectivity index (χ4n) is 2.73. The maximum atomic E-state index is 12.5. The van der Waals surface area contributed by atoms with Crippen LogP contribution in [-0.2, 0) is 11.4 Å². The molecule has 3 aromatic rings. The predicted octanol–water partition coefficient (Wildman–Crippen LogP) is 5.77. The van der Waals surface area contributed by atoms with E-state index < -0.39 is 5.91 Å². The van der Waals surface area contributed by atoms with Crippen molar-refractivity contribution in [3.8, 4) is 11.8 Å². The summed E-state index contributed by atoms with van der Waals surface area (Å²) in [6.45, 7) is 2.21. The van der Waals surface area contributed by atoms with Gasteiger partial charge in [-0.15, -0.1) is 0 Å². The number of nitrogens with zero attached hydrogens (tertiary/aromatic N) is 1. The summed E-state index contributed by atoms with van der Waals surface area (Å²) in [5.74, 6) is 0.0857. The highest BCUT2D eigenvalue weighted by atomic mass is 35.5. The van der Waals surface area contributed by atoms with E-state index in [0.717, 1.165) is 11.1 Å². The van der Waals surface area contributed by atoms with Crippen LogP contribution in [0, 0.1) is 18.3 Å². The van der Waals surface area contributed by atoms with Gasteiger partial charge < -0.3 is 10.1 Å². The monoisotopic (exact) mass is 402 g/mol. The zero-order valence-electron chi connectivity index (χ0n) is 15.9. The first-order valence-electron chi connectivity index (χ1n) is 9.02. The zero-order chi connectivity index (χ0) is 20.6. The first-order valence-corrected chi connectivity index (χ1v) is 9.39. The van der Waals surface area contributed by atoms with Crippen LogP contribution in [0.25, 0.3) is 6.08 Å². The maximum Gasteiger partial charge on any atom is 0.266 e. The normalized spacial score (nSPS) is 10.9. The molecule has 0 atom stereocenters. The molecule has 0 spiro atoms. The summed E-state index contributed by atoms with van der Waals surface area (Å²) < 4.78 is 5.89. The number of rotatable bonds is 6. The minimum atomic E-state index is -0.473. The van der Waals surface area contributed by atoms with Crippen LogP contribution in [0.3, 0.4) is 0 Å². The molecule has 0 saturated heterocycles. The van der Waals surface area contributed by atoms with Crippen LogP contribution in [0.15, 0.2) is 78.4 Å². The fraction of sp³-hybridized carbons (Fsp3) is 0.0833. The van der Waals surface area contributed by atoms with E-state index in [1.807, 2.05) is 61.5 Å². The molecule has 144 valence electrons. The molecule has 0 fully saturated rings. The van der Waals surface area contributed by atoms with Gasteiger partial charge in [-0.25, -0.2) is 0 Å². The van der Waals surface area contributed by atoms with Gasteiger partial charge in [-0.1, -0.05) is 60.1 Å². The Labute approximate surface area is 175 Å². The summed E-state index contributed by atoms with van der Waals surface area (Å²) >= 11 is 6.18. The Hall–Kier alpha value is -3.55. The molecule has 0 heterocycles. The Balaban J connectivity index is 1.80. The molecule has 0 saturated carbocycles. The number of nitrogens with one attached hydrogen (secondary N) is 1. The number of aryl methyl sites for hydroxylation is 1. The first-order chi connectivity index (χ1) is 14.1. The van der Waals surface area contributed by atoms with Gasteiger partial charge in [0.15, 0.2) is 0 Å². The number of benzene rings is 3. The van der Waals surface area contributed by atoms with Gasteiger partial charge in [-0.05, 0) is 42.8 Å². The lowest BCUT2D eigenvalue weighted by atomic mass is 10.1. The van der Waals surface area contributed by atoms with E-state index in [1.54, 1.807) is 24.3 Å². The molecule has 4 nitrogen and oxygen atoms in total. The number of amides is 1. The molecule has 0 aliphatic rings. The van der Waals surface area contributed by atoms with Gasteiger partial charge in [0.2, 0.25) is 0 Å². The van der Waals surface area contributed by atoms with Crippen LogP contribution in [0.2, 0.25) is 5.02 Å². The van der Waals surface area contributed by atoms with Crippen molar-refractivity contribution in [3.05, 3.63) is 100 Å². The van der Waals surface area contributed by atoms with Crippen LogP contribution < -0.4 is 10.1 Å². The number of para-hydroxylation sites is 1. The van der Waals surface area contributed by atoms with Gasteiger partial charge in [-0.3, -0.25) is 4.79 Å². The van der Waals surface area contributed by atoms with E-state index in [1.165, 1.54) is 6.08 Å². The average molecular weight is 403 g/mol. The smallest absolute Gasteiger partial charge is 0.266 e. The number of nitriles is 1. The Kier molecular flexibility index (Phi) is 6.67. The molecular weight excluding hydrogens is 384 g/mol. The lowest BCUT2D eigenvalue weighted by molar-refractivity contribution is -0.112. The maximum absolute atomic E-state index is 12.5. The van der Waals surface area contributed by atoms with Crippen LogP contribution in [0.4, 0.5) is 5.69 Å². The summed E-state index contributed by atoms with van der Waals surface area (Å²) in [4.78, 5) is 12.5. The summed E-state index contributed by atoms with van der Waals surface area (Å²) in [6, 6.07) is 24.0. The van der Waals surface area contributed by atoms with Gasteiger partial charge in [0.05, 0.1) is 0 Å². The van der Waals surface area contributed by atoms with E-state index in [-0.39, 0.29) is 12.2 Å². The molecule has 0 unspecified atom stereocenters. The number of hydrogen-bond acceptors (Lipinski definition) is 3. The molecule has 1 N–H and O–H groups in total. The average Bonchev–Trinajstić information content (AvgIpc) is 2.72. The van der Waals surface area contributed by atoms with Gasteiger partial charge in [0.25, 0.3) is 5.91 Å². The number of ether oxygens (including phenoxy) is 1. The van der Waals surface area contributed by atoms with Crippen molar-refractivity contribution in [2.45, 2.75) is 13.5 Å². The molecular formula is C24H19ClN2O2. The minimum absolute atomic E-state index is 0.0136. The van der Waals surface area contributed by atoms with Crippen molar-refractivity contribution in [2.24, 2.45) is 0 Å². The van der Waals surface area contributed by atoms with Gasteiger partial charge in [-0.2, -0.15) is 5.26 Å². The largest absolute Gasteiger partial charge is 0.488 e. The van der Waals surface area contributed by atoms with Crippen molar-refractivity contribution in [1.29, 1.82) is 5.26 Å². The van der Waals surface area contributed by atoms with Crippen molar-refractivity contribution < 1.29 is 9.53 Å². The van der Waals surface area contributed by atoms with Crippen molar-refractivity contribution in [1.82, 2.24) is 0 Å². The fourth-order valence-corrected chi connectivity index (χ4v) is 2.92. The zero-order valence-corrected chi connectivity index (χ0v) is 16.6. The van der Waals surface area contributed by atoms with Gasteiger partial charge in [0.1, 0.15) is 24.0 Å². The lowest BCUT2D eigenvalue weighted by Gasteiger charge is -2.11. The first kappa shape index (κ1) is 20.2. The van der Waals surface area contributed by atoms with E-state index in [0.29, 0.717) is 22.0 Å². The molecule has 0 aliphatic heterocycles. The molecule has 0 radical (unpaired) electrons. The SMILES string of the molecule is Cc1cccc(NC(=O)/C(C#N)=C/c2ccccc2OCc2ccccc2Cl)c1. The second-order valence-corrected chi connectivity index (χ2v) is 6.82. The molecule has 0 bridgehead atoms. The second-order valence-electron chi connectivity index (χ2n) is 6.41. The summed E-state index contributed by atoms with van der Waals surface area (Å²) in [5, 5.41) is 12.9. The topological polar surface area (TPSA) is 62.1 Å². The molecule has 1 amide bonds. The number of anilines is 1. The molecule has 0 aromatic heterocycles. The standard InChI is InChI=1S/C24H19ClN2O2/c1-17-7-6-10-21(13-17)27-24(28)20(15-26)14-18-8-3-5-12-23(18)29-16-19-9-2-4-11-22(19)25/h2-14H,16H2,1H3,(H,27,28)/b20-14+. The molecule has 3 aromatic carbocycles. The van der Waals surface area contributed by atoms with E-state index in [2.05, 4.69) is 5.32 Å². The van der Waals surface area contributed by atoms with Crippen molar-refractivity contribution in [2.75, 3.05) is 5.32 Å². The highest BCUT2D eigenvalue weighted by molar-refractivity contribution is 6.31. The highest BCUT2D eigenvalue weighted by Crippen LogP contribution is 2.24. The Morgan fingerprint density at radius 2 is 1.86 bits per heavy atom. The Morgan fingerprint density at radius 3 is 2.62 bits per heavy atom. The Morgan fingerprint density at radius 1 is 1.10 bits per heavy atom. The van der Waals surface area contributed by atoms with Gasteiger partial charge in [0, 0.05) is 21.8 Å². The summed E-state index contributed by atoms with van der Waals surface area (Å²) in [6.07, 6.45) is 1.52.